The maximum atomic E-state index is 13.1. The van der Waals surface area contributed by atoms with Crippen molar-refractivity contribution in [2.24, 2.45) is 0 Å². The molecule has 174 valence electrons. The molecule has 0 bridgehead atoms. The maximum absolute atomic E-state index is 13.1. The average Bonchev–Trinajstić information content (AvgIpc) is 3.38. The molecule has 0 saturated carbocycles. The van der Waals surface area contributed by atoms with Gasteiger partial charge in [-0.15, -0.1) is 11.3 Å². The molecule has 0 unspecified atom stereocenters. The van der Waals surface area contributed by atoms with Gasteiger partial charge in [0.25, 0.3) is 15.9 Å². The summed E-state index contributed by atoms with van der Waals surface area (Å²) in [5.74, 6) is 0.800. The summed E-state index contributed by atoms with van der Waals surface area (Å²) in [5, 5.41) is 4.62. The number of benzene rings is 2. The van der Waals surface area contributed by atoms with E-state index in [0.29, 0.717) is 51.4 Å². The summed E-state index contributed by atoms with van der Waals surface area (Å²) in [7, 11) is 0.856. The minimum Gasteiger partial charge on any atom is -0.493 e. The van der Waals surface area contributed by atoms with E-state index in [-0.39, 0.29) is 5.91 Å². The van der Waals surface area contributed by atoms with Crippen molar-refractivity contribution in [2.45, 2.75) is 17.1 Å². The molecule has 1 amide bonds. The number of amides is 1. The smallest absolute Gasteiger partial charge is 0.273 e. The van der Waals surface area contributed by atoms with Crippen molar-refractivity contribution in [1.29, 1.82) is 0 Å². The number of nitrogens with zero attached hydrogens (tertiary/aromatic N) is 1. The molecular formula is C23H24N2O6S2. The van der Waals surface area contributed by atoms with Crippen molar-refractivity contribution < 1.29 is 27.4 Å². The monoisotopic (exact) mass is 488 g/mol. The highest BCUT2D eigenvalue weighted by atomic mass is 32.2. The third-order valence-corrected chi connectivity index (χ3v) is 8.57. The molecule has 4 rings (SSSR count). The number of aryl methyl sites for hydroxylation is 1. The van der Waals surface area contributed by atoms with Crippen molar-refractivity contribution in [3.63, 3.8) is 0 Å². The van der Waals surface area contributed by atoms with Crippen LogP contribution in [0.2, 0.25) is 0 Å². The summed E-state index contributed by atoms with van der Waals surface area (Å²) < 4.78 is 43.8. The lowest BCUT2D eigenvalue weighted by Gasteiger charge is -2.30. The van der Waals surface area contributed by atoms with Crippen LogP contribution in [0.25, 0.3) is 0 Å². The average molecular weight is 489 g/mol. The molecule has 1 aliphatic rings. The van der Waals surface area contributed by atoms with Crippen molar-refractivity contribution in [3.05, 3.63) is 59.0 Å². The number of anilines is 2. The van der Waals surface area contributed by atoms with Gasteiger partial charge in [0.2, 0.25) is 5.75 Å². The van der Waals surface area contributed by atoms with E-state index < -0.39 is 10.0 Å². The number of nitrogens with one attached hydrogen (secondary N) is 1. The van der Waals surface area contributed by atoms with E-state index >= 15 is 0 Å². The SMILES string of the molecule is COc1cc(C(=O)Nc2ccc3c(c2)CCCN3S(=O)(=O)c2cccs2)cc(OC)c1OC. The molecule has 3 aromatic rings. The van der Waals surface area contributed by atoms with Gasteiger partial charge in [-0.1, -0.05) is 6.07 Å². The van der Waals surface area contributed by atoms with Gasteiger partial charge in [0.05, 0.1) is 27.0 Å². The second-order valence-corrected chi connectivity index (χ2v) is 10.4. The fourth-order valence-electron chi connectivity index (χ4n) is 3.82. The van der Waals surface area contributed by atoms with Crippen LogP contribution in [0, 0.1) is 0 Å². The largest absolute Gasteiger partial charge is 0.493 e. The summed E-state index contributed by atoms with van der Waals surface area (Å²) in [5.41, 5.74) is 2.41. The number of hydrogen-bond acceptors (Lipinski definition) is 7. The number of thiophene rings is 1. The lowest BCUT2D eigenvalue weighted by atomic mass is 10.0. The Balaban J connectivity index is 1.61. The van der Waals surface area contributed by atoms with Crippen LogP contribution in [0.3, 0.4) is 0 Å². The molecule has 0 aliphatic carbocycles. The van der Waals surface area contributed by atoms with E-state index in [1.165, 1.54) is 37.0 Å². The molecular weight excluding hydrogens is 464 g/mol. The fourth-order valence-corrected chi connectivity index (χ4v) is 6.47. The predicted molar refractivity (Wildman–Crippen MR) is 128 cm³/mol. The highest BCUT2D eigenvalue weighted by Crippen LogP contribution is 2.39. The van der Waals surface area contributed by atoms with Gasteiger partial charge < -0.3 is 19.5 Å². The van der Waals surface area contributed by atoms with Crippen LogP contribution in [0.4, 0.5) is 11.4 Å². The number of methoxy groups -OCH3 is 3. The topological polar surface area (TPSA) is 94.2 Å². The number of carbonyl (C=O) groups is 1. The molecule has 0 fully saturated rings. The molecule has 0 radical (unpaired) electrons. The van der Waals surface area contributed by atoms with Gasteiger partial charge in [0.15, 0.2) is 11.5 Å². The summed E-state index contributed by atoms with van der Waals surface area (Å²) in [6.07, 6.45) is 1.42. The van der Waals surface area contributed by atoms with Crippen LogP contribution >= 0.6 is 11.3 Å². The van der Waals surface area contributed by atoms with Crippen LogP contribution in [-0.2, 0) is 16.4 Å². The molecule has 1 N–H and O–H groups in total. The number of carbonyl (C=O) groups excluding carboxylic acids is 1. The Morgan fingerprint density at radius 2 is 1.76 bits per heavy atom. The molecule has 0 saturated heterocycles. The Morgan fingerprint density at radius 3 is 2.36 bits per heavy atom. The minimum absolute atomic E-state index is 0.315. The fraction of sp³-hybridized carbons (Fsp3) is 0.261. The quantitative estimate of drug-likeness (QED) is 0.537. The molecule has 1 aliphatic heterocycles. The number of hydrogen-bond donors (Lipinski definition) is 1. The summed E-state index contributed by atoms with van der Waals surface area (Å²) in [4.78, 5) is 12.9. The van der Waals surface area contributed by atoms with Gasteiger partial charge in [0.1, 0.15) is 4.21 Å². The van der Waals surface area contributed by atoms with E-state index in [4.69, 9.17) is 14.2 Å². The Morgan fingerprint density at radius 1 is 1.03 bits per heavy atom. The normalized spacial score (nSPS) is 13.2. The van der Waals surface area contributed by atoms with Crippen LogP contribution in [-0.4, -0.2) is 42.2 Å². The van der Waals surface area contributed by atoms with Gasteiger partial charge in [-0.05, 0) is 60.2 Å². The lowest BCUT2D eigenvalue weighted by molar-refractivity contribution is 0.102. The van der Waals surface area contributed by atoms with Gasteiger partial charge in [-0.2, -0.15) is 0 Å². The third-order valence-electron chi connectivity index (χ3n) is 5.38. The Hall–Kier alpha value is -3.24. The van der Waals surface area contributed by atoms with E-state index in [1.807, 2.05) is 6.07 Å². The molecule has 8 nitrogen and oxygen atoms in total. The first-order valence-corrected chi connectivity index (χ1v) is 12.5. The van der Waals surface area contributed by atoms with E-state index in [2.05, 4.69) is 5.32 Å². The highest BCUT2D eigenvalue weighted by molar-refractivity contribution is 7.94. The summed E-state index contributed by atoms with van der Waals surface area (Å²) >= 11 is 1.20. The van der Waals surface area contributed by atoms with E-state index in [1.54, 1.807) is 41.8 Å². The van der Waals surface area contributed by atoms with Crippen molar-refractivity contribution in [3.8, 4) is 17.2 Å². The standard InChI is InChI=1S/C23H24N2O6S2/c1-29-19-13-16(14-20(30-2)22(19)31-3)23(26)24-17-8-9-18-15(12-17)6-4-10-25(18)33(27,28)21-7-5-11-32-21/h5,7-9,11-14H,4,6,10H2,1-3H3,(H,24,26). The zero-order chi connectivity index (χ0) is 23.6. The Bertz CT molecular complexity index is 1250. The summed E-state index contributed by atoms with van der Waals surface area (Å²) in [6, 6.07) is 11.8. The van der Waals surface area contributed by atoms with Crippen molar-refractivity contribution >= 4 is 38.6 Å². The molecule has 0 atom stereocenters. The highest BCUT2D eigenvalue weighted by Gasteiger charge is 2.30. The number of fused-ring (bicyclic) bond motifs is 1. The zero-order valence-corrected chi connectivity index (χ0v) is 20.1. The predicted octanol–water partition coefficient (Wildman–Crippen LogP) is 4.17. The van der Waals surface area contributed by atoms with Crippen LogP contribution in [0.15, 0.2) is 52.1 Å². The first-order chi connectivity index (χ1) is 15.9. The molecule has 10 heteroatoms. The molecule has 1 aromatic heterocycles. The lowest BCUT2D eigenvalue weighted by Crippen LogP contribution is -2.35. The minimum atomic E-state index is -3.61. The van der Waals surface area contributed by atoms with E-state index in [9.17, 15) is 13.2 Å². The number of rotatable bonds is 7. The molecule has 33 heavy (non-hydrogen) atoms. The molecule has 0 spiro atoms. The number of sulfonamides is 1. The second kappa shape index (κ2) is 9.32. The Kier molecular flexibility index (Phi) is 6.48. The van der Waals surface area contributed by atoms with Gasteiger partial charge >= 0.3 is 0 Å². The van der Waals surface area contributed by atoms with Crippen molar-refractivity contribution in [1.82, 2.24) is 0 Å². The summed E-state index contributed by atoms with van der Waals surface area (Å²) in [6.45, 7) is 0.421. The first-order valence-electron chi connectivity index (χ1n) is 10.2. The number of ether oxygens (including phenoxy) is 3. The Labute approximate surface area is 196 Å². The maximum Gasteiger partial charge on any atom is 0.273 e. The van der Waals surface area contributed by atoms with E-state index in [0.717, 1.165) is 12.0 Å². The molecule has 2 aromatic carbocycles. The van der Waals surface area contributed by atoms with Gasteiger partial charge in [0, 0.05) is 17.8 Å². The van der Waals surface area contributed by atoms with Gasteiger partial charge in [-0.3, -0.25) is 9.10 Å². The van der Waals surface area contributed by atoms with Crippen LogP contribution < -0.4 is 23.8 Å². The zero-order valence-electron chi connectivity index (χ0n) is 18.5. The molecule has 2 heterocycles. The van der Waals surface area contributed by atoms with Crippen molar-refractivity contribution in [2.75, 3.05) is 37.5 Å². The first kappa shape index (κ1) is 22.9. The van der Waals surface area contributed by atoms with Crippen LogP contribution in [0.5, 0.6) is 17.2 Å². The second-order valence-electron chi connectivity index (χ2n) is 7.32. The van der Waals surface area contributed by atoms with Gasteiger partial charge in [-0.25, -0.2) is 8.42 Å². The van der Waals surface area contributed by atoms with Crippen LogP contribution in [0.1, 0.15) is 22.3 Å². The third kappa shape index (κ3) is 4.36.